The van der Waals surface area contributed by atoms with Crippen LogP contribution in [0.2, 0.25) is 0 Å². The van der Waals surface area contributed by atoms with Crippen molar-refractivity contribution in [3.8, 4) is 0 Å². The average Bonchev–Trinajstić information content (AvgIpc) is 2.34. The Bertz CT molecular complexity index is 466. The van der Waals surface area contributed by atoms with E-state index in [9.17, 15) is 0 Å². The molecule has 2 saturated carbocycles. The second-order valence-electron chi connectivity index (χ2n) is 9.01. The summed E-state index contributed by atoms with van der Waals surface area (Å²) in [6.45, 7) is 16.9. The van der Waals surface area contributed by atoms with Crippen LogP contribution >= 0.6 is 0 Å². The van der Waals surface area contributed by atoms with Crippen LogP contribution in [0.5, 0.6) is 0 Å². The second-order valence-corrected chi connectivity index (χ2v) is 9.01. The summed E-state index contributed by atoms with van der Waals surface area (Å²) in [5.41, 5.74) is 4.32. The molecule has 0 saturated heterocycles. The van der Waals surface area contributed by atoms with Gasteiger partial charge < -0.3 is 0 Å². The van der Waals surface area contributed by atoms with Crippen molar-refractivity contribution in [2.75, 3.05) is 0 Å². The molecule has 20 heavy (non-hydrogen) atoms. The second kappa shape index (κ2) is 4.24. The summed E-state index contributed by atoms with van der Waals surface area (Å²) >= 11 is 0. The van der Waals surface area contributed by atoms with Gasteiger partial charge in [-0.2, -0.15) is 0 Å². The van der Waals surface area contributed by atoms with E-state index in [1.54, 1.807) is 0 Å². The Balaban J connectivity index is 2.05. The molecule has 0 unspecified atom stereocenters. The third kappa shape index (κ3) is 1.72. The third-order valence-corrected chi connectivity index (χ3v) is 7.62. The Morgan fingerprint density at radius 1 is 1.05 bits per heavy atom. The van der Waals surface area contributed by atoms with Crippen LogP contribution in [-0.2, 0) is 0 Å². The van der Waals surface area contributed by atoms with Crippen molar-refractivity contribution in [3.63, 3.8) is 0 Å². The van der Waals surface area contributed by atoms with E-state index in [0.717, 1.165) is 11.8 Å². The van der Waals surface area contributed by atoms with Crippen molar-refractivity contribution in [1.29, 1.82) is 0 Å². The van der Waals surface area contributed by atoms with E-state index in [0.29, 0.717) is 16.2 Å². The van der Waals surface area contributed by atoms with Gasteiger partial charge in [-0.1, -0.05) is 52.3 Å². The highest BCUT2D eigenvalue weighted by atomic mass is 14.6. The molecule has 0 bridgehead atoms. The maximum Gasteiger partial charge on any atom is -0.00420 e. The van der Waals surface area contributed by atoms with Gasteiger partial charge in [0, 0.05) is 0 Å². The summed E-state index contributed by atoms with van der Waals surface area (Å²) in [5.74, 6) is 1.71. The summed E-state index contributed by atoms with van der Waals surface area (Å²) in [4.78, 5) is 0. The summed E-state index contributed by atoms with van der Waals surface area (Å²) in [6, 6.07) is 0. The lowest BCUT2D eigenvalue weighted by Gasteiger charge is -2.64. The first kappa shape index (κ1) is 14.4. The van der Waals surface area contributed by atoms with Crippen molar-refractivity contribution in [1.82, 2.24) is 0 Å². The lowest BCUT2D eigenvalue weighted by molar-refractivity contribution is -0.117. The topological polar surface area (TPSA) is 0 Å². The van der Waals surface area contributed by atoms with E-state index in [1.807, 2.05) is 0 Å². The van der Waals surface area contributed by atoms with Crippen molar-refractivity contribution in [3.05, 3.63) is 23.8 Å². The molecule has 0 radical (unpaired) electrons. The fourth-order valence-electron chi connectivity index (χ4n) is 6.41. The Hall–Kier alpha value is -0.520. The lowest BCUT2D eigenvalue weighted by Crippen LogP contribution is -2.55. The van der Waals surface area contributed by atoms with Crippen LogP contribution in [0.15, 0.2) is 23.8 Å². The molecule has 3 aliphatic carbocycles. The minimum Gasteiger partial charge on any atom is -0.0950 e. The fraction of sp³-hybridized carbons (Fsp3) is 0.800. The summed E-state index contributed by atoms with van der Waals surface area (Å²) in [5, 5.41) is 0. The first-order valence-corrected chi connectivity index (χ1v) is 8.58. The van der Waals surface area contributed by atoms with Gasteiger partial charge in [0.2, 0.25) is 0 Å². The van der Waals surface area contributed by atoms with Crippen LogP contribution in [-0.4, -0.2) is 0 Å². The Kier molecular flexibility index (Phi) is 3.06. The van der Waals surface area contributed by atoms with Crippen LogP contribution in [0.3, 0.4) is 0 Å². The quantitative estimate of drug-likeness (QED) is 0.496. The van der Waals surface area contributed by atoms with Gasteiger partial charge in [-0.15, -0.1) is 0 Å². The number of hydrogen-bond acceptors (Lipinski definition) is 0. The highest BCUT2D eigenvalue weighted by molar-refractivity contribution is 5.38. The van der Waals surface area contributed by atoms with E-state index in [2.05, 4.69) is 47.3 Å². The highest BCUT2D eigenvalue weighted by Gasteiger charge is 2.59. The van der Waals surface area contributed by atoms with Crippen molar-refractivity contribution < 1.29 is 0 Å². The van der Waals surface area contributed by atoms with Crippen LogP contribution < -0.4 is 0 Å². The predicted molar refractivity (Wildman–Crippen MR) is 87.6 cm³/mol. The molecular weight excluding hydrogens is 240 g/mol. The van der Waals surface area contributed by atoms with E-state index in [-0.39, 0.29) is 0 Å². The smallest absolute Gasteiger partial charge is 0.00420 e. The molecule has 0 heterocycles. The maximum absolute atomic E-state index is 4.49. The van der Waals surface area contributed by atoms with Crippen LogP contribution in [0.25, 0.3) is 0 Å². The molecule has 0 N–H and O–H groups in total. The SMILES string of the molecule is C=C1C(C)=CC[C@H]2[C@]3(C)CCCC(C)(C)[C@H]3CC[C@]12C. The van der Waals surface area contributed by atoms with Gasteiger partial charge in [0.25, 0.3) is 0 Å². The number of fused-ring (bicyclic) bond motifs is 3. The van der Waals surface area contributed by atoms with E-state index in [1.165, 1.54) is 49.7 Å². The molecule has 0 amide bonds. The van der Waals surface area contributed by atoms with Crippen molar-refractivity contribution in [2.24, 2.45) is 28.1 Å². The highest BCUT2D eigenvalue weighted by Crippen LogP contribution is 2.67. The number of rotatable bonds is 0. The fourth-order valence-corrected chi connectivity index (χ4v) is 6.41. The molecule has 0 heteroatoms. The third-order valence-electron chi connectivity index (χ3n) is 7.62. The molecule has 0 aromatic carbocycles. The van der Waals surface area contributed by atoms with E-state index in [4.69, 9.17) is 0 Å². The van der Waals surface area contributed by atoms with Gasteiger partial charge in [-0.3, -0.25) is 0 Å². The summed E-state index contributed by atoms with van der Waals surface area (Å²) < 4.78 is 0. The van der Waals surface area contributed by atoms with Gasteiger partial charge in [0.05, 0.1) is 0 Å². The molecule has 4 atom stereocenters. The van der Waals surface area contributed by atoms with Crippen LogP contribution in [0, 0.1) is 28.1 Å². The monoisotopic (exact) mass is 272 g/mol. The van der Waals surface area contributed by atoms with Gasteiger partial charge >= 0.3 is 0 Å². The van der Waals surface area contributed by atoms with Crippen molar-refractivity contribution >= 4 is 0 Å². The number of allylic oxidation sites excluding steroid dienone is 3. The molecule has 3 rings (SSSR count). The van der Waals surface area contributed by atoms with Crippen LogP contribution in [0.4, 0.5) is 0 Å². The zero-order valence-electron chi connectivity index (χ0n) is 14.2. The molecule has 112 valence electrons. The zero-order valence-corrected chi connectivity index (χ0v) is 14.2. The molecule has 0 aliphatic heterocycles. The summed E-state index contributed by atoms with van der Waals surface area (Å²) in [7, 11) is 0. The van der Waals surface area contributed by atoms with E-state index >= 15 is 0 Å². The van der Waals surface area contributed by atoms with Gasteiger partial charge in [-0.05, 0) is 72.7 Å². The predicted octanol–water partition coefficient (Wildman–Crippen LogP) is 6.14. The van der Waals surface area contributed by atoms with Gasteiger partial charge in [0.15, 0.2) is 0 Å². The molecule has 0 nitrogen and oxygen atoms in total. The minimum absolute atomic E-state index is 0.359. The van der Waals surface area contributed by atoms with Crippen molar-refractivity contribution in [2.45, 2.75) is 73.1 Å². The first-order chi connectivity index (χ1) is 9.22. The number of hydrogen-bond donors (Lipinski definition) is 0. The standard InChI is InChI=1S/C20H32/c1-14-8-9-17-19(5,15(14)2)13-10-16-18(3,4)11-7-12-20(16,17)6/h8,16-17H,2,7,9-13H2,1,3-6H3/t16-,17-,19-,20-/m1/s1. The maximum atomic E-state index is 4.49. The molecule has 0 aromatic rings. The lowest BCUT2D eigenvalue weighted by atomic mass is 9.41. The summed E-state index contributed by atoms with van der Waals surface area (Å²) in [6.07, 6.45) is 10.8. The Morgan fingerprint density at radius 3 is 2.45 bits per heavy atom. The average molecular weight is 272 g/mol. The van der Waals surface area contributed by atoms with Crippen LogP contribution in [0.1, 0.15) is 73.1 Å². The van der Waals surface area contributed by atoms with Gasteiger partial charge in [0.1, 0.15) is 0 Å². The molecule has 0 aromatic heterocycles. The molecule has 0 spiro atoms. The molecule has 2 fully saturated rings. The van der Waals surface area contributed by atoms with E-state index < -0.39 is 0 Å². The largest absolute Gasteiger partial charge is 0.0950 e. The molecular formula is C20H32. The first-order valence-electron chi connectivity index (χ1n) is 8.58. The Morgan fingerprint density at radius 2 is 1.75 bits per heavy atom. The normalized spacial score (nSPS) is 47.2. The molecule has 3 aliphatic rings. The van der Waals surface area contributed by atoms with Gasteiger partial charge in [-0.25, -0.2) is 0 Å². The Labute approximate surface area is 125 Å². The zero-order chi connectivity index (χ0) is 14.8. The minimum atomic E-state index is 0.359.